The van der Waals surface area contributed by atoms with Crippen LogP contribution in [0.25, 0.3) is 0 Å². The van der Waals surface area contributed by atoms with Crippen LogP contribution in [0, 0.1) is 0 Å². The summed E-state index contributed by atoms with van der Waals surface area (Å²) < 4.78 is 0. The Bertz CT molecular complexity index is 522. The van der Waals surface area contributed by atoms with Crippen LogP contribution in [0.3, 0.4) is 0 Å². The largest absolute Gasteiger partial charge is 0.355 e. The van der Waals surface area contributed by atoms with Gasteiger partial charge in [-0.15, -0.1) is 0 Å². The van der Waals surface area contributed by atoms with E-state index in [9.17, 15) is 9.59 Å². The highest BCUT2D eigenvalue weighted by atomic mass is 16.2. The molecule has 0 bridgehead atoms. The third-order valence-corrected chi connectivity index (χ3v) is 4.03. The van der Waals surface area contributed by atoms with Gasteiger partial charge in [-0.25, -0.2) is 0 Å². The second-order valence-corrected chi connectivity index (χ2v) is 5.77. The van der Waals surface area contributed by atoms with Gasteiger partial charge in [0.2, 0.25) is 5.91 Å². The van der Waals surface area contributed by atoms with Crippen LogP contribution in [0.2, 0.25) is 0 Å². The summed E-state index contributed by atoms with van der Waals surface area (Å²) in [5.74, 6) is -0.346. The molecule has 0 aromatic heterocycles. The van der Waals surface area contributed by atoms with Gasteiger partial charge in [0.05, 0.1) is 11.3 Å². The Kier molecular flexibility index (Phi) is 4.96. The quantitative estimate of drug-likeness (QED) is 0.793. The van der Waals surface area contributed by atoms with Crippen LogP contribution in [0.15, 0.2) is 24.3 Å². The van der Waals surface area contributed by atoms with Crippen LogP contribution in [-0.2, 0) is 4.79 Å². The van der Waals surface area contributed by atoms with Gasteiger partial charge in [-0.3, -0.25) is 9.59 Å². The zero-order valence-corrected chi connectivity index (χ0v) is 12.4. The molecule has 0 saturated heterocycles. The Morgan fingerprint density at radius 3 is 2.52 bits per heavy atom. The number of rotatable bonds is 4. The molecule has 1 aliphatic carbocycles. The van der Waals surface area contributed by atoms with Gasteiger partial charge >= 0.3 is 0 Å². The third-order valence-electron chi connectivity index (χ3n) is 4.03. The van der Waals surface area contributed by atoms with E-state index in [2.05, 4.69) is 10.6 Å². The standard InChI is InChI=1S/C16H23N3O2/c1-18-15(21)12-7-3-4-8-13(12)19-14(20)11-16(17)9-5-2-6-10-16/h3-4,7-8H,2,5-6,9-11,17H2,1H3,(H,18,21)(H,19,20). The molecule has 0 unspecified atom stereocenters. The lowest BCUT2D eigenvalue weighted by Crippen LogP contribution is -2.44. The fourth-order valence-corrected chi connectivity index (χ4v) is 2.87. The molecule has 114 valence electrons. The van der Waals surface area contributed by atoms with Gasteiger partial charge in [0.1, 0.15) is 0 Å². The fraction of sp³-hybridized carbons (Fsp3) is 0.500. The van der Waals surface area contributed by atoms with Crippen LogP contribution in [0.4, 0.5) is 5.69 Å². The molecular weight excluding hydrogens is 266 g/mol. The summed E-state index contributed by atoms with van der Waals surface area (Å²) in [4.78, 5) is 24.0. The maximum absolute atomic E-state index is 12.2. The normalized spacial score (nSPS) is 17.0. The molecule has 0 heterocycles. The molecule has 1 fully saturated rings. The minimum absolute atomic E-state index is 0.129. The molecule has 1 aromatic rings. The molecule has 21 heavy (non-hydrogen) atoms. The lowest BCUT2D eigenvalue weighted by molar-refractivity contribution is -0.117. The Balaban J connectivity index is 2.04. The molecule has 5 heteroatoms. The molecule has 4 N–H and O–H groups in total. The highest BCUT2D eigenvalue weighted by Crippen LogP contribution is 2.29. The van der Waals surface area contributed by atoms with Gasteiger partial charge in [-0.1, -0.05) is 31.4 Å². The van der Waals surface area contributed by atoms with E-state index >= 15 is 0 Å². The maximum Gasteiger partial charge on any atom is 0.253 e. The Hall–Kier alpha value is -1.88. The number of nitrogens with two attached hydrogens (primary N) is 1. The van der Waals surface area contributed by atoms with E-state index in [0.29, 0.717) is 17.7 Å². The third kappa shape index (κ3) is 4.04. The predicted octanol–water partition coefficient (Wildman–Crippen LogP) is 2.04. The molecule has 0 spiro atoms. The first-order valence-electron chi connectivity index (χ1n) is 7.44. The first-order valence-corrected chi connectivity index (χ1v) is 7.44. The summed E-state index contributed by atoms with van der Waals surface area (Å²) in [6.45, 7) is 0. The van der Waals surface area contributed by atoms with Crippen LogP contribution in [0.1, 0.15) is 48.9 Å². The van der Waals surface area contributed by atoms with Crippen molar-refractivity contribution in [2.45, 2.75) is 44.1 Å². The Labute approximate surface area is 125 Å². The number of benzene rings is 1. The fourth-order valence-electron chi connectivity index (χ4n) is 2.87. The van der Waals surface area contributed by atoms with E-state index in [0.717, 1.165) is 25.7 Å². The van der Waals surface area contributed by atoms with Crippen molar-refractivity contribution in [2.75, 3.05) is 12.4 Å². The second-order valence-electron chi connectivity index (χ2n) is 5.77. The number of nitrogens with one attached hydrogen (secondary N) is 2. The summed E-state index contributed by atoms with van der Waals surface area (Å²) in [6, 6.07) is 6.98. The van der Waals surface area contributed by atoms with E-state index in [1.807, 2.05) is 0 Å². The summed E-state index contributed by atoms with van der Waals surface area (Å²) in [5, 5.41) is 5.39. The minimum atomic E-state index is -0.399. The molecule has 5 nitrogen and oxygen atoms in total. The first kappa shape index (κ1) is 15.5. The van der Waals surface area contributed by atoms with Crippen LogP contribution in [-0.4, -0.2) is 24.4 Å². The zero-order chi connectivity index (χ0) is 15.3. The highest BCUT2D eigenvalue weighted by molar-refractivity contribution is 6.03. The Morgan fingerprint density at radius 2 is 1.86 bits per heavy atom. The van der Waals surface area contributed by atoms with Crippen molar-refractivity contribution in [3.8, 4) is 0 Å². The topological polar surface area (TPSA) is 84.2 Å². The molecular formula is C16H23N3O2. The number of amides is 2. The number of anilines is 1. The lowest BCUT2D eigenvalue weighted by Gasteiger charge is -2.32. The van der Waals surface area contributed by atoms with Gasteiger partial charge in [-0.2, -0.15) is 0 Å². The van der Waals surface area contributed by atoms with E-state index in [1.54, 1.807) is 31.3 Å². The summed E-state index contributed by atoms with van der Waals surface area (Å²) in [5.41, 5.74) is 6.89. The predicted molar refractivity (Wildman–Crippen MR) is 83.1 cm³/mol. The van der Waals surface area contributed by atoms with E-state index in [-0.39, 0.29) is 11.8 Å². The number of hydrogen-bond acceptors (Lipinski definition) is 3. The second kappa shape index (κ2) is 6.72. The summed E-state index contributed by atoms with van der Waals surface area (Å²) >= 11 is 0. The molecule has 1 aromatic carbocycles. The molecule has 2 amide bonds. The average molecular weight is 289 g/mol. The number of carbonyl (C=O) groups is 2. The first-order chi connectivity index (χ1) is 10.0. The average Bonchev–Trinajstić information content (AvgIpc) is 2.47. The smallest absolute Gasteiger partial charge is 0.253 e. The minimum Gasteiger partial charge on any atom is -0.355 e. The van der Waals surface area contributed by atoms with Crippen molar-refractivity contribution in [3.05, 3.63) is 29.8 Å². The number of para-hydroxylation sites is 1. The van der Waals surface area contributed by atoms with Crippen molar-refractivity contribution < 1.29 is 9.59 Å². The Morgan fingerprint density at radius 1 is 1.19 bits per heavy atom. The van der Waals surface area contributed by atoms with Crippen LogP contribution in [0.5, 0.6) is 0 Å². The highest BCUT2D eigenvalue weighted by Gasteiger charge is 2.30. The maximum atomic E-state index is 12.2. The molecule has 0 radical (unpaired) electrons. The van der Waals surface area contributed by atoms with Gasteiger partial charge in [-0.05, 0) is 25.0 Å². The van der Waals surface area contributed by atoms with Gasteiger partial charge in [0.15, 0.2) is 0 Å². The molecule has 1 saturated carbocycles. The van der Waals surface area contributed by atoms with Crippen molar-refractivity contribution in [1.82, 2.24) is 5.32 Å². The molecule has 2 rings (SSSR count). The monoisotopic (exact) mass is 289 g/mol. The SMILES string of the molecule is CNC(=O)c1ccccc1NC(=O)CC1(N)CCCCC1. The van der Waals surface area contributed by atoms with Gasteiger partial charge < -0.3 is 16.4 Å². The molecule has 1 aliphatic rings. The van der Waals surface area contributed by atoms with Gasteiger partial charge in [0.25, 0.3) is 5.91 Å². The summed E-state index contributed by atoms with van der Waals surface area (Å²) in [7, 11) is 1.57. The van der Waals surface area contributed by atoms with Crippen LogP contribution >= 0.6 is 0 Å². The van der Waals surface area contributed by atoms with Crippen molar-refractivity contribution >= 4 is 17.5 Å². The zero-order valence-electron chi connectivity index (χ0n) is 12.4. The molecule has 0 aliphatic heterocycles. The van der Waals surface area contributed by atoms with Crippen LogP contribution < -0.4 is 16.4 Å². The van der Waals surface area contributed by atoms with Crippen molar-refractivity contribution in [1.29, 1.82) is 0 Å². The van der Waals surface area contributed by atoms with Gasteiger partial charge in [0, 0.05) is 19.0 Å². The lowest BCUT2D eigenvalue weighted by atomic mass is 9.80. The van der Waals surface area contributed by atoms with Crippen molar-refractivity contribution in [2.24, 2.45) is 5.73 Å². The number of hydrogen-bond donors (Lipinski definition) is 3. The van der Waals surface area contributed by atoms with E-state index in [4.69, 9.17) is 5.73 Å². The van der Waals surface area contributed by atoms with E-state index in [1.165, 1.54) is 6.42 Å². The summed E-state index contributed by atoms with van der Waals surface area (Å²) in [6.07, 6.45) is 5.43. The molecule has 0 atom stereocenters. The van der Waals surface area contributed by atoms with E-state index < -0.39 is 5.54 Å². The van der Waals surface area contributed by atoms with Crippen molar-refractivity contribution in [3.63, 3.8) is 0 Å². The number of carbonyl (C=O) groups excluding carboxylic acids is 2.